The molecule has 0 unspecified atom stereocenters. The molecule has 4 rings (SSSR count). The quantitative estimate of drug-likeness (QED) is 0.579. The Morgan fingerprint density at radius 2 is 1.94 bits per heavy atom. The highest BCUT2D eigenvalue weighted by Gasteiger charge is 2.26. The highest BCUT2D eigenvalue weighted by Crippen LogP contribution is 2.27. The minimum Gasteiger partial charge on any atom is -0.493 e. The zero-order valence-corrected chi connectivity index (χ0v) is 18.4. The molecule has 3 aromatic rings. The summed E-state index contributed by atoms with van der Waals surface area (Å²) in [6, 6.07) is 11.5. The first-order valence-electron chi connectivity index (χ1n) is 10.7. The van der Waals surface area contributed by atoms with Crippen LogP contribution >= 0.6 is 0 Å². The summed E-state index contributed by atoms with van der Waals surface area (Å²) in [6.07, 6.45) is 6.07. The van der Waals surface area contributed by atoms with Crippen LogP contribution in [-0.4, -0.2) is 59.7 Å². The number of carbonyl (C=O) groups is 1. The fraction of sp³-hybridized carbons (Fsp3) is 0.391. The van der Waals surface area contributed by atoms with E-state index in [2.05, 4.69) is 25.5 Å². The number of ether oxygens (including phenoxy) is 2. The Bertz CT molecular complexity index is 1020. The summed E-state index contributed by atoms with van der Waals surface area (Å²) in [7, 11) is 3.23. The van der Waals surface area contributed by atoms with E-state index in [0.717, 1.165) is 37.2 Å². The smallest absolute Gasteiger partial charge is 0.224 e. The van der Waals surface area contributed by atoms with Gasteiger partial charge in [-0.05, 0) is 55.2 Å². The predicted molar refractivity (Wildman–Crippen MR) is 120 cm³/mol. The topological polar surface area (TPSA) is 94.4 Å². The van der Waals surface area contributed by atoms with Gasteiger partial charge in [0.1, 0.15) is 0 Å². The molecule has 1 aliphatic rings. The number of hydrogen-bond acceptors (Lipinski definition) is 7. The van der Waals surface area contributed by atoms with Crippen molar-refractivity contribution in [2.24, 2.45) is 5.92 Å². The average molecular weight is 437 g/mol. The van der Waals surface area contributed by atoms with Crippen molar-refractivity contribution < 1.29 is 14.3 Å². The van der Waals surface area contributed by atoms with Crippen LogP contribution in [0.2, 0.25) is 0 Å². The lowest BCUT2D eigenvalue weighted by molar-refractivity contribution is -0.125. The number of rotatable bonds is 8. The molecule has 0 bridgehead atoms. The molecule has 168 valence electrons. The fourth-order valence-corrected chi connectivity index (χ4v) is 3.92. The van der Waals surface area contributed by atoms with Crippen LogP contribution < -0.4 is 19.7 Å². The first-order valence-corrected chi connectivity index (χ1v) is 10.7. The molecule has 9 heteroatoms. The molecule has 9 nitrogen and oxygen atoms in total. The van der Waals surface area contributed by atoms with Gasteiger partial charge in [-0.15, -0.1) is 10.2 Å². The SMILES string of the molecule is COc1ccc(CCNC(=O)[C@H]2CCCN(c3ccc(-n4cccn4)nn3)C2)cc1OC. The second-order valence-corrected chi connectivity index (χ2v) is 7.72. The molecule has 1 aromatic carbocycles. The summed E-state index contributed by atoms with van der Waals surface area (Å²) >= 11 is 0. The van der Waals surface area contributed by atoms with Crippen molar-refractivity contribution in [1.82, 2.24) is 25.3 Å². The van der Waals surface area contributed by atoms with Crippen LogP contribution in [0.1, 0.15) is 18.4 Å². The van der Waals surface area contributed by atoms with Crippen LogP contribution in [0.3, 0.4) is 0 Å². The zero-order chi connectivity index (χ0) is 22.3. The second kappa shape index (κ2) is 10.1. The van der Waals surface area contributed by atoms with Crippen molar-refractivity contribution in [2.45, 2.75) is 19.3 Å². The minimum absolute atomic E-state index is 0.0678. The van der Waals surface area contributed by atoms with E-state index in [0.29, 0.717) is 30.4 Å². The highest BCUT2D eigenvalue weighted by molar-refractivity contribution is 5.79. The number of methoxy groups -OCH3 is 2. The molecule has 0 spiro atoms. The molecule has 0 aliphatic carbocycles. The lowest BCUT2D eigenvalue weighted by Gasteiger charge is -2.32. The number of anilines is 1. The van der Waals surface area contributed by atoms with Crippen LogP contribution in [0.25, 0.3) is 5.82 Å². The van der Waals surface area contributed by atoms with E-state index < -0.39 is 0 Å². The molecule has 1 atom stereocenters. The van der Waals surface area contributed by atoms with E-state index in [1.165, 1.54) is 0 Å². The van der Waals surface area contributed by atoms with Gasteiger partial charge >= 0.3 is 0 Å². The number of aromatic nitrogens is 4. The number of amides is 1. The van der Waals surface area contributed by atoms with Gasteiger partial charge in [0.15, 0.2) is 23.1 Å². The van der Waals surface area contributed by atoms with Gasteiger partial charge in [-0.1, -0.05) is 6.07 Å². The maximum Gasteiger partial charge on any atom is 0.224 e. The number of nitrogens with one attached hydrogen (secondary N) is 1. The van der Waals surface area contributed by atoms with Gasteiger partial charge in [-0.25, -0.2) is 4.68 Å². The van der Waals surface area contributed by atoms with E-state index in [1.54, 1.807) is 25.1 Å². The zero-order valence-electron chi connectivity index (χ0n) is 18.4. The summed E-state index contributed by atoms with van der Waals surface area (Å²) in [6.45, 7) is 2.08. The number of carbonyl (C=O) groups excluding carboxylic acids is 1. The summed E-state index contributed by atoms with van der Waals surface area (Å²) in [5.41, 5.74) is 1.08. The predicted octanol–water partition coefficient (Wildman–Crippen LogP) is 2.25. The minimum atomic E-state index is -0.0678. The summed E-state index contributed by atoms with van der Waals surface area (Å²) in [5, 5.41) is 15.9. The fourth-order valence-electron chi connectivity index (χ4n) is 3.92. The van der Waals surface area contributed by atoms with E-state index in [9.17, 15) is 4.79 Å². The Balaban J connectivity index is 1.30. The molecule has 3 heterocycles. The van der Waals surface area contributed by atoms with Gasteiger partial charge in [0.05, 0.1) is 20.1 Å². The Labute approximate surface area is 187 Å². The molecule has 0 radical (unpaired) electrons. The largest absolute Gasteiger partial charge is 0.493 e. The van der Waals surface area contributed by atoms with Gasteiger partial charge in [-0.2, -0.15) is 5.10 Å². The Kier molecular flexibility index (Phi) is 6.84. The molecule has 1 N–H and O–H groups in total. The highest BCUT2D eigenvalue weighted by atomic mass is 16.5. The third-order valence-corrected chi connectivity index (χ3v) is 5.65. The number of benzene rings is 1. The molecule has 32 heavy (non-hydrogen) atoms. The molecule has 1 amide bonds. The van der Waals surface area contributed by atoms with E-state index in [4.69, 9.17) is 9.47 Å². The summed E-state index contributed by atoms with van der Waals surface area (Å²) in [4.78, 5) is 14.9. The number of nitrogens with zero attached hydrogens (tertiary/aromatic N) is 5. The normalized spacial score (nSPS) is 15.9. The molecule has 1 fully saturated rings. The summed E-state index contributed by atoms with van der Waals surface area (Å²) in [5.74, 6) is 2.85. The van der Waals surface area contributed by atoms with Crippen LogP contribution in [0.5, 0.6) is 11.5 Å². The molecular formula is C23H28N6O3. The first kappa shape index (κ1) is 21.6. The van der Waals surface area contributed by atoms with Crippen molar-refractivity contribution >= 4 is 11.7 Å². The van der Waals surface area contributed by atoms with E-state index in [-0.39, 0.29) is 11.8 Å². The Hall–Kier alpha value is -3.62. The molecule has 1 saturated heterocycles. The third kappa shape index (κ3) is 4.99. The molecule has 2 aromatic heterocycles. The Morgan fingerprint density at radius 1 is 1.12 bits per heavy atom. The van der Waals surface area contributed by atoms with Crippen molar-refractivity contribution in [3.8, 4) is 17.3 Å². The lowest BCUT2D eigenvalue weighted by Crippen LogP contribution is -2.43. The van der Waals surface area contributed by atoms with Crippen molar-refractivity contribution in [2.75, 3.05) is 38.8 Å². The molecule has 0 saturated carbocycles. The average Bonchev–Trinajstić information content (AvgIpc) is 3.39. The van der Waals surface area contributed by atoms with E-state index >= 15 is 0 Å². The molecular weight excluding hydrogens is 408 g/mol. The maximum absolute atomic E-state index is 12.8. The van der Waals surface area contributed by atoms with Crippen molar-refractivity contribution in [3.05, 3.63) is 54.4 Å². The monoisotopic (exact) mass is 436 g/mol. The first-order chi connectivity index (χ1) is 15.7. The van der Waals surface area contributed by atoms with Gasteiger partial charge < -0.3 is 19.7 Å². The van der Waals surface area contributed by atoms with E-state index in [1.807, 2.05) is 42.6 Å². The number of piperidine rings is 1. The Morgan fingerprint density at radius 3 is 2.66 bits per heavy atom. The van der Waals surface area contributed by atoms with Crippen LogP contribution in [0.15, 0.2) is 48.8 Å². The summed E-state index contributed by atoms with van der Waals surface area (Å²) < 4.78 is 12.3. The van der Waals surface area contributed by atoms with Crippen LogP contribution in [0.4, 0.5) is 5.82 Å². The van der Waals surface area contributed by atoms with Crippen LogP contribution in [0, 0.1) is 5.92 Å². The second-order valence-electron chi connectivity index (χ2n) is 7.72. The third-order valence-electron chi connectivity index (χ3n) is 5.65. The van der Waals surface area contributed by atoms with Crippen molar-refractivity contribution in [3.63, 3.8) is 0 Å². The molecule has 1 aliphatic heterocycles. The van der Waals surface area contributed by atoms with Gasteiger partial charge in [0.2, 0.25) is 5.91 Å². The number of hydrogen-bond donors (Lipinski definition) is 1. The van der Waals surface area contributed by atoms with Crippen LogP contribution in [-0.2, 0) is 11.2 Å². The van der Waals surface area contributed by atoms with Crippen molar-refractivity contribution in [1.29, 1.82) is 0 Å². The maximum atomic E-state index is 12.8. The van der Waals surface area contributed by atoms with Gasteiger partial charge in [-0.3, -0.25) is 4.79 Å². The van der Waals surface area contributed by atoms with Gasteiger partial charge in [0.25, 0.3) is 0 Å². The van der Waals surface area contributed by atoms with Gasteiger partial charge in [0, 0.05) is 32.0 Å². The lowest BCUT2D eigenvalue weighted by atomic mass is 9.97. The standard InChI is InChI=1S/C23H28N6O3/c1-31-19-7-6-17(15-20(19)32-2)10-12-24-23(30)18-5-3-13-28(16-18)21-8-9-22(27-26-21)29-14-4-11-25-29/h4,6-9,11,14-15,18H,3,5,10,12-13,16H2,1-2H3,(H,24,30)/t18-/m0/s1.